The lowest BCUT2D eigenvalue weighted by atomic mass is 10.3. The summed E-state index contributed by atoms with van der Waals surface area (Å²) in [6.45, 7) is 1.99. The van der Waals surface area contributed by atoms with Crippen molar-refractivity contribution in [3.63, 3.8) is 0 Å². The molecular formula is C10H16N4O3S. The molecule has 0 fully saturated rings. The summed E-state index contributed by atoms with van der Waals surface area (Å²) in [5, 5.41) is 2.04. The van der Waals surface area contributed by atoms with Gasteiger partial charge >= 0.3 is 6.03 Å². The minimum atomic E-state index is -3.43. The molecule has 3 N–H and O–H groups in total. The van der Waals surface area contributed by atoms with Crippen molar-refractivity contribution in [1.29, 1.82) is 0 Å². The van der Waals surface area contributed by atoms with E-state index in [2.05, 4.69) is 15.3 Å². The number of rotatable bonds is 6. The SMILES string of the molecule is CCCCCS(=O)(=O)c1ccnc(NC(N)=O)n1. The number of amides is 2. The lowest BCUT2D eigenvalue weighted by molar-refractivity contribution is 0.259. The molecule has 1 aromatic heterocycles. The van der Waals surface area contributed by atoms with E-state index in [4.69, 9.17) is 5.73 Å². The average molecular weight is 272 g/mol. The molecule has 0 aliphatic heterocycles. The predicted molar refractivity (Wildman–Crippen MR) is 66.8 cm³/mol. The monoisotopic (exact) mass is 272 g/mol. The van der Waals surface area contributed by atoms with Crippen molar-refractivity contribution < 1.29 is 13.2 Å². The number of hydrogen-bond donors (Lipinski definition) is 2. The second kappa shape index (κ2) is 6.29. The van der Waals surface area contributed by atoms with Gasteiger partial charge in [0, 0.05) is 6.20 Å². The fourth-order valence-electron chi connectivity index (χ4n) is 1.33. The van der Waals surface area contributed by atoms with Crippen molar-refractivity contribution in [3.05, 3.63) is 12.3 Å². The first-order chi connectivity index (χ1) is 8.45. The second-order valence-corrected chi connectivity index (χ2v) is 5.79. The number of unbranched alkanes of at least 4 members (excludes halogenated alkanes) is 2. The molecule has 18 heavy (non-hydrogen) atoms. The Morgan fingerprint density at radius 2 is 2.17 bits per heavy atom. The van der Waals surface area contributed by atoms with Gasteiger partial charge in [-0.1, -0.05) is 19.8 Å². The summed E-state index contributed by atoms with van der Waals surface area (Å²) < 4.78 is 23.8. The molecule has 1 heterocycles. The van der Waals surface area contributed by atoms with Crippen molar-refractivity contribution in [2.24, 2.45) is 5.73 Å². The van der Waals surface area contributed by atoms with E-state index in [0.29, 0.717) is 6.42 Å². The van der Waals surface area contributed by atoms with Gasteiger partial charge in [-0.3, -0.25) is 5.32 Å². The molecule has 1 aromatic rings. The molecule has 0 spiro atoms. The Balaban J connectivity index is 2.85. The topological polar surface area (TPSA) is 115 Å². The van der Waals surface area contributed by atoms with Gasteiger partial charge in [0.05, 0.1) is 5.75 Å². The van der Waals surface area contributed by atoms with Crippen molar-refractivity contribution in [2.45, 2.75) is 31.2 Å². The Kier molecular flexibility index (Phi) is 5.02. The number of primary amides is 1. The maximum Gasteiger partial charge on any atom is 0.319 e. The highest BCUT2D eigenvalue weighted by molar-refractivity contribution is 7.91. The molecule has 0 aliphatic carbocycles. The summed E-state index contributed by atoms with van der Waals surface area (Å²) in [6.07, 6.45) is 3.64. The van der Waals surface area contributed by atoms with E-state index in [9.17, 15) is 13.2 Å². The molecule has 0 bridgehead atoms. The maximum atomic E-state index is 11.9. The molecule has 7 nitrogen and oxygen atoms in total. The Bertz CT molecular complexity index is 516. The molecule has 0 atom stereocenters. The number of carbonyl (C=O) groups excluding carboxylic acids is 1. The smallest absolute Gasteiger partial charge is 0.319 e. The van der Waals surface area contributed by atoms with Crippen LogP contribution in [0.1, 0.15) is 26.2 Å². The van der Waals surface area contributed by atoms with Gasteiger partial charge in [0.1, 0.15) is 0 Å². The summed E-state index contributed by atoms with van der Waals surface area (Å²) in [7, 11) is -3.43. The van der Waals surface area contributed by atoms with E-state index < -0.39 is 15.9 Å². The predicted octanol–water partition coefficient (Wildman–Crippen LogP) is 0.931. The van der Waals surface area contributed by atoms with E-state index in [0.717, 1.165) is 12.8 Å². The fourth-order valence-corrected chi connectivity index (χ4v) is 2.62. The van der Waals surface area contributed by atoms with E-state index in [1.807, 2.05) is 6.92 Å². The summed E-state index contributed by atoms with van der Waals surface area (Å²) in [4.78, 5) is 18.1. The van der Waals surface area contributed by atoms with E-state index in [1.165, 1.54) is 12.3 Å². The first-order valence-electron chi connectivity index (χ1n) is 5.58. The molecule has 0 unspecified atom stereocenters. The van der Waals surface area contributed by atoms with Crippen LogP contribution in [0.15, 0.2) is 17.3 Å². The largest absolute Gasteiger partial charge is 0.351 e. The van der Waals surface area contributed by atoms with E-state index in [-0.39, 0.29) is 16.7 Å². The van der Waals surface area contributed by atoms with Crippen LogP contribution >= 0.6 is 0 Å². The number of aromatic nitrogens is 2. The van der Waals surface area contributed by atoms with Crippen molar-refractivity contribution >= 4 is 21.8 Å². The molecule has 100 valence electrons. The third-order valence-corrected chi connectivity index (χ3v) is 3.89. The van der Waals surface area contributed by atoms with Gasteiger partial charge in [-0.05, 0) is 12.5 Å². The Morgan fingerprint density at radius 3 is 2.78 bits per heavy atom. The second-order valence-electron chi connectivity index (χ2n) is 3.73. The fraction of sp³-hybridized carbons (Fsp3) is 0.500. The molecule has 0 aromatic carbocycles. The summed E-state index contributed by atoms with van der Waals surface area (Å²) in [5.41, 5.74) is 4.90. The number of nitrogens with zero attached hydrogens (tertiary/aromatic N) is 2. The van der Waals surface area contributed by atoms with Gasteiger partial charge in [0.25, 0.3) is 0 Å². The highest BCUT2D eigenvalue weighted by Crippen LogP contribution is 2.11. The number of sulfone groups is 1. The third-order valence-electron chi connectivity index (χ3n) is 2.20. The number of nitrogens with one attached hydrogen (secondary N) is 1. The number of hydrogen-bond acceptors (Lipinski definition) is 5. The molecule has 0 saturated heterocycles. The molecule has 0 aliphatic rings. The summed E-state index contributed by atoms with van der Waals surface area (Å²) >= 11 is 0. The van der Waals surface area contributed by atoms with Gasteiger partial charge in [0.15, 0.2) is 14.9 Å². The van der Waals surface area contributed by atoms with Crippen LogP contribution in [-0.2, 0) is 9.84 Å². The van der Waals surface area contributed by atoms with Gasteiger partial charge in [-0.15, -0.1) is 0 Å². The quantitative estimate of drug-likeness (QED) is 0.590. The highest BCUT2D eigenvalue weighted by atomic mass is 32.2. The molecule has 8 heteroatoms. The molecular weight excluding hydrogens is 256 g/mol. The molecule has 2 amide bonds. The van der Waals surface area contributed by atoms with Crippen LogP contribution in [0.2, 0.25) is 0 Å². The summed E-state index contributed by atoms with van der Waals surface area (Å²) in [5.74, 6) is -0.0764. The normalized spacial score (nSPS) is 11.2. The van der Waals surface area contributed by atoms with Crippen LogP contribution in [0.3, 0.4) is 0 Å². The van der Waals surface area contributed by atoms with Crippen LogP contribution < -0.4 is 11.1 Å². The summed E-state index contributed by atoms with van der Waals surface area (Å²) in [6, 6.07) is 0.462. The number of anilines is 1. The Hall–Kier alpha value is -1.70. The van der Waals surface area contributed by atoms with Gasteiger partial charge < -0.3 is 5.73 Å². The molecule has 0 radical (unpaired) electrons. The standard InChI is InChI=1S/C10H16N4O3S/c1-2-3-4-7-18(16,17)8-5-6-12-10(13-8)14-9(11)15/h5-6H,2-4,7H2,1H3,(H3,11,12,13,14,15). The zero-order chi connectivity index (χ0) is 13.6. The highest BCUT2D eigenvalue weighted by Gasteiger charge is 2.16. The maximum absolute atomic E-state index is 11.9. The molecule has 1 rings (SSSR count). The Morgan fingerprint density at radius 1 is 1.44 bits per heavy atom. The zero-order valence-electron chi connectivity index (χ0n) is 10.1. The van der Waals surface area contributed by atoms with E-state index in [1.54, 1.807) is 0 Å². The number of carbonyl (C=O) groups is 1. The van der Waals surface area contributed by atoms with Crippen LogP contribution in [-0.4, -0.2) is 30.2 Å². The third kappa shape index (κ3) is 4.28. The minimum absolute atomic E-state index is 0.0356. The van der Waals surface area contributed by atoms with Crippen LogP contribution in [0.5, 0.6) is 0 Å². The first-order valence-corrected chi connectivity index (χ1v) is 7.23. The van der Waals surface area contributed by atoms with Crippen molar-refractivity contribution in [3.8, 4) is 0 Å². The lowest BCUT2D eigenvalue weighted by Gasteiger charge is -2.05. The van der Waals surface area contributed by atoms with Gasteiger partial charge in [0.2, 0.25) is 5.95 Å². The van der Waals surface area contributed by atoms with Crippen molar-refractivity contribution in [1.82, 2.24) is 9.97 Å². The van der Waals surface area contributed by atoms with Gasteiger partial charge in [-0.2, -0.15) is 0 Å². The number of urea groups is 1. The van der Waals surface area contributed by atoms with Crippen LogP contribution in [0.4, 0.5) is 10.7 Å². The van der Waals surface area contributed by atoms with Crippen LogP contribution in [0.25, 0.3) is 0 Å². The zero-order valence-corrected chi connectivity index (χ0v) is 10.9. The number of nitrogens with two attached hydrogens (primary N) is 1. The average Bonchev–Trinajstić information content (AvgIpc) is 2.28. The Labute approximate surface area is 106 Å². The van der Waals surface area contributed by atoms with E-state index >= 15 is 0 Å². The lowest BCUT2D eigenvalue weighted by Crippen LogP contribution is -2.21. The van der Waals surface area contributed by atoms with Crippen molar-refractivity contribution in [2.75, 3.05) is 11.1 Å². The van der Waals surface area contributed by atoms with Crippen LogP contribution in [0, 0.1) is 0 Å². The van der Waals surface area contributed by atoms with Gasteiger partial charge in [-0.25, -0.2) is 23.2 Å². The molecule has 0 saturated carbocycles. The first kappa shape index (κ1) is 14.4. The minimum Gasteiger partial charge on any atom is -0.351 e.